The maximum atomic E-state index is 12.4. The highest BCUT2D eigenvalue weighted by molar-refractivity contribution is 5.25. The number of alkyl halides is 3. The van der Waals surface area contributed by atoms with E-state index in [4.69, 9.17) is 5.11 Å². The van der Waals surface area contributed by atoms with Crippen LogP contribution in [0.15, 0.2) is 6.07 Å². The van der Waals surface area contributed by atoms with Gasteiger partial charge in [-0.05, 0) is 0 Å². The van der Waals surface area contributed by atoms with Crippen LogP contribution in [0.1, 0.15) is 0 Å². The molecule has 0 aromatic carbocycles. The van der Waals surface area contributed by atoms with Gasteiger partial charge in [-0.3, -0.25) is 0 Å². The molecule has 0 saturated carbocycles. The zero-order valence-corrected chi connectivity index (χ0v) is 6.27. The van der Waals surface area contributed by atoms with Gasteiger partial charge in [-0.15, -0.1) is 13.2 Å². The second kappa shape index (κ2) is 3.28. The Balaban J connectivity index is 3.02. The summed E-state index contributed by atoms with van der Waals surface area (Å²) in [5, 5.41) is 8.48. The molecule has 0 aliphatic carbocycles. The molecule has 0 aliphatic rings. The van der Waals surface area contributed by atoms with Crippen LogP contribution >= 0.6 is 0 Å². The summed E-state index contributed by atoms with van der Waals surface area (Å²) >= 11 is 0. The van der Waals surface area contributed by atoms with Crippen molar-refractivity contribution in [2.75, 3.05) is 0 Å². The smallest absolute Gasteiger partial charge is 0.502 e. The molecule has 0 saturated heterocycles. The van der Waals surface area contributed by atoms with Crippen molar-refractivity contribution in [1.29, 1.82) is 0 Å². The van der Waals surface area contributed by atoms with Crippen LogP contribution in [0.2, 0.25) is 0 Å². The van der Waals surface area contributed by atoms with Gasteiger partial charge in [0.15, 0.2) is 5.82 Å². The molecular weight excluding hydrogens is 213 g/mol. The molecular formula is C6H2F5NO2. The summed E-state index contributed by atoms with van der Waals surface area (Å²) in [5.74, 6) is -6.13. The molecule has 14 heavy (non-hydrogen) atoms. The van der Waals surface area contributed by atoms with E-state index in [0.717, 1.165) is 0 Å². The van der Waals surface area contributed by atoms with Crippen molar-refractivity contribution in [3.63, 3.8) is 0 Å². The number of aromatic nitrogens is 1. The highest BCUT2D eigenvalue weighted by Gasteiger charge is 2.32. The van der Waals surface area contributed by atoms with Crippen LogP contribution in [-0.2, 0) is 0 Å². The monoisotopic (exact) mass is 215 g/mol. The van der Waals surface area contributed by atoms with Gasteiger partial charge in [-0.2, -0.15) is 9.37 Å². The highest BCUT2D eigenvalue weighted by atomic mass is 19.4. The summed E-state index contributed by atoms with van der Waals surface area (Å²) in [6, 6.07) is 0.117. The largest absolute Gasteiger partial charge is 0.574 e. The molecule has 1 heterocycles. The third kappa shape index (κ3) is 2.44. The van der Waals surface area contributed by atoms with Crippen LogP contribution in [0.3, 0.4) is 0 Å². The molecule has 0 bridgehead atoms. The van der Waals surface area contributed by atoms with Crippen LogP contribution in [0.25, 0.3) is 0 Å². The number of ether oxygens (including phenoxy) is 1. The van der Waals surface area contributed by atoms with E-state index in [1.165, 1.54) is 0 Å². The lowest BCUT2D eigenvalue weighted by molar-refractivity contribution is -0.276. The zero-order chi connectivity index (χ0) is 10.9. The Morgan fingerprint density at radius 2 is 1.86 bits per heavy atom. The second-order valence-corrected chi connectivity index (χ2v) is 2.13. The van der Waals surface area contributed by atoms with Gasteiger partial charge in [0.2, 0.25) is 11.6 Å². The Morgan fingerprint density at radius 3 is 2.29 bits per heavy atom. The van der Waals surface area contributed by atoms with Crippen molar-refractivity contribution in [2.24, 2.45) is 0 Å². The fraction of sp³-hybridized carbons (Fsp3) is 0.167. The topological polar surface area (TPSA) is 42.4 Å². The van der Waals surface area contributed by atoms with Gasteiger partial charge in [0.25, 0.3) is 5.95 Å². The SMILES string of the molecule is Oc1c(F)cc(OC(F)(F)F)nc1F. The third-order valence-corrected chi connectivity index (χ3v) is 1.10. The maximum Gasteiger partial charge on any atom is 0.574 e. The minimum atomic E-state index is -5.09. The fourth-order valence-corrected chi connectivity index (χ4v) is 0.628. The molecule has 8 heteroatoms. The molecule has 0 unspecified atom stereocenters. The molecule has 0 radical (unpaired) electrons. The number of aromatic hydroxyl groups is 1. The first-order valence-electron chi connectivity index (χ1n) is 3.10. The van der Waals surface area contributed by atoms with E-state index in [2.05, 4.69) is 9.72 Å². The Kier molecular flexibility index (Phi) is 2.45. The first kappa shape index (κ1) is 10.5. The van der Waals surface area contributed by atoms with Crippen LogP contribution in [0, 0.1) is 11.8 Å². The lowest BCUT2D eigenvalue weighted by atomic mass is 10.4. The third-order valence-electron chi connectivity index (χ3n) is 1.10. The van der Waals surface area contributed by atoms with Crippen LogP contribution in [0.4, 0.5) is 22.0 Å². The normalized spacial score (nSPS) is 11.5. The number of nitrogens with zero attached hydrogens (tertiary/aromatic N) is 1. The predicted molar refractivity (Wildman–Crippen MR) is 32.5 cm³/mol. The summed E-state index contributed by atoms with van der Waals surface area (Å²) < 4.78 is 62.5. The average Bonchev–Trinajstić information content (AvgIpc) is 1.96. The van der Waals surface area contributed by atoms with Crippen molar-refractivity contribution in [1.82, 2.24) is 4.98 Å². The predicted octanol–water partition coefficient (Wildman–Crippen LogP) is 1.96. The number of rotatable bonds is 1. The second-order valence-electron chi connectivity index (χ2n) is 2.13. The lowest BCUT2D eigenvalue weighted by Gasteiger charge is -2.07. The molecule has 0 spiro atoms. The van der Waals surface area contributed by atoms with Crippen LogP contribution in [-0.4, -0.2) is 16.5 Å². The van der Waals surface area contributed by atoms with Gasteiger partial charge in [0.05, 0.1) is 0 Å². The minimum absolute atomic E-state index is 0.117. The lowest BCUT2D eigenvalue weighted by Crippen LogP contribution is -2.18. The average molecular weight is 215 g/mol. The molecule has 0 fully saturated rings. The van der Waals surface area contributed by atoms with Crippen molar-refractivity contribution in [3.05, 3.63) is 17.8 Å². The first-order valence-corrected chi connectivity index (χ1v) is 3.10. The summed E-state index contributed by atoms with van der Waals surface area (Å²) in [5.41, 5.74) is 0. The van der Waals surface area contributed by atoms with Crippen molar-refractivity contribution < 1.29 is 31.8 Å². The molecule has 0 amide bonds. The molecule has 1 N–H and O–H groups in total. The van der Waals surface area contributed by atoms with Crippen molar-refractivity contribution in [2.45, 2.75) is 6.36 Å². The van der Waals surface area contributed by atoms with Gasteiger partial charge in [-0.1, -0.05) is 0 Å². The molecule has 0 aliphatic heterocycles. The van der Waals surface area contributed by atoms with Gasteiger partial charge in [0.1, 0.15) is 0 Å². The molecule has 1 rings (SSSR count). The van der Waals surface area contributed by atoms with E-state index in [1.54, 1.807) is 0 Å². The van der Waals surface area contributed by atoms with Crippen LogP contribution in [0.5, 0.6) is 11.6 Å². The molecule has 78 valence electrons. The van der Waals surface area contributed by atoms with Gasteiger partial charge in [-0.25, -0.2) is 4.39 Å². The number of hydrogen-bond acceptors (Lipinski definition) is 3. The summed E-state index contributed by atoms with van der Waals surface area (Å²) in [6.45, 7) is 0. The van der Waals surface area contributed by atoms with Gasteiger partial charge >= 0.3 is 6.36 Å². The Hall–Kier alpha value is -1.60. The van der Waals surface area contributed by atoms with E-state index in [-0.39, 0.29) is 6.07 Å². The van der Waals surface area contributed by atoms with E-state index in [0.29, 0.717) is 0 Å². The molecule has 1 aromatic heterocycles. The molecule has 1 aromatic rings. The van der Waals surface area contributed by atoms with Crippen molar-refractivity contribution >= 4 is 0 Å². The van der Waals surface area contributed by atoms with E-state index in [9.17, 15) is 22.0 Å². The van der Waals surface area contributed by atoms with Gasteiger partial charge < -0.3 is 9.84 Å². The minimum Gasteiger partial charge on any atom is -0.502 e. The Morgan fingerprint density at radius 1 is 1.29 bits per heavy atom. The number of halogens is 5. The standard InChI is InChI=1S/C6H2F5NO2/c7-2-1-3(14-6(9,10)11)12-5(8)4(2)13/h1,13H. The van der Waals surface area contributed by atoms with E-state index in [1.807, 2.05) is 0 Å². The number of pyridine rings is 1. The summed E-state index contributed by atoms with van der Waals surface area (Å²) in [6.07, 6.45) is -5.09. The number of hydrogen-bond donors (Lipinski definition) is 1. The first-order chi connectivity index (χ1) is 6.29. The molecule has 3 nitrogen and oxygen atoms in total. The van der Waals surface area contributed by atoms with Crippen molar-refractivity contribution in [3.8, 4) is 11.6 Å². The van der Waals surface area contributed by atoms with Gasteiger partial charge in [0, 0.05) is 6.07 Å². The fourth-order valence-electron chi connectivity index (χ4n) is 0.628. The summed E-state index contributed by atoms with van der Waals surface area (Å²) in [7, 11) is 0. The summed E-state index contributed by atoms with van der Waals surface area (Å²) in [4.78, 5) is 2.52. The Bertz CT molecular complexity index is 328. The molecule has 0 atom stereocenters. The van der Waals surface area contributed by atoms with E-state index < -0.39 is 29.8 Å². The zero-order valence-electron chi connectivity index (χ0n) is 6.27. The Labute approximate surface area is 73.8 Å². The highest BCUT2D eigenvalue weighted by Crippen LogP contribution is 2.26. The van der Waals surface area contributed by atoms with E-state index >= 15 is 0 Å². The van der Waals surface area contributed by atoms with Crippen LogP contribution < -0.4 is 4.74 Å². The quantitative estimate of drug-likeness (QED) is 0.575. The maximum absolute atomic E-state index is 12.4.